The standard InChI is InChI=1S/C17H22N2O3S/c1-13(2)12-23(21,22)15-9-19(10-15)17(20)11-18-8-7-14-5-3-4-6-16(14)18/h3-8,13,15H,9-12H2,1-2H3. The van der Waals surface area contributed by atoms with Crippen LogP contribution in [0.1, 0.15) is 13.8 Å². The van der Waals surface area contributed by atoms with E-state index in [0.29, 0.717) is 13.1 Å². The molecule has 1 aromatic heterocycles. The first kappa shape index (κ1) is 16.1. The van der Waals surface area contributed by atoms with E-state index in [1.54, 1.807) is 4.90 Å². The molecule has 0 radical (unpaired) electrons. The van der Waals surface area contributed by atoms with Crippen molar-refractivity contribution in [2.75, 3.05) is 18.8 Å². The van der Waals surface area contributed by atoms with Crippen molar-refractivity contribution in [2.24, 2.45) is 5.92 Å². The Hall–Kier alpha value is -1.82. The summed E-state index contributed by atoms with van der Waals surface area (Å²) < 4.78 is 26.2. The summed E-state index contributed by atoms with van der Waals surface area (Å²) in [5.41, 5.74) is 1.02. The Morgan fingerprint density at radius 2 is 1.91 bits per heavy atom. The summed E-state index contributed by atoms with van der Waals surface area (Å²) in [5, 5.41) is 0.705. The minimum Gasteiger partial charge on any atom is -0.338 e. The summed E-state index contributed by atoms with van der Waals surface area (Å²) in [6, 6.07) is 9.88. The van der Waals surface area contributed by atoms with Crippen molar-refractivity contribution in [3.63, 3.8) is 0 Å². The van der Waals surface area contributed by atoms with Crippen molar-refractivity contribution in [2.45, 2.75) is 25.6 Å². The van der Waals surface area contributed by atoms with Gasteiger partial charge in [-0.2, -0.15) is 0 Å². The number of nitrogens with zero attached hydrogens (tertiary/aromatic N) is 2. The van der Waals surface area contributed by atoms with Crippen molar-refractivity contribution < 1.29 is 13.2 Å². The summed E-state index contributed by atoms with van der Waals surface area (Å²) in [5.74, 6) is 0.292. The maximum atomic E-state index is 12.3. The number of benzene rings is 1. The highest BCUT2D eigenvalue weighted by molar-refractivity contribution is 7.92. The summed E-state index contributed by atoms with van der Waals surface area (Å²) in [4.78, 5) is 14.0. The molecule has 2 heterocycles. The van der Waals surface area contributed by atoms with Gasteiger partial charge in [0.15, 0.2) is 9.84 Å². The Labute approximate surface area is 136 Å². The van der Waals surface area contributed by atoms with Gasteiger partial charge in [0.05, 0.1) is 11.0 Å². The zero-order valence-corrected chi connectivity index (χ0v) is 14.3. The SMILES string of the molecule is CC(C)CS(=O)(=O)C1CN(C(=O)Cn2ccc3ccccc32)C1. The van der Waals surface area contributed by atoms with E-state index >= 15 is 0 Å². The molecule has 124 valence electrons. The smallest absolute Gasteiger partial charge is 0.242 e. The van der Waals surface area contributed by atoms with Crippen LogP contribution in [0.5, 0.6) is 0 Å². The van der Waals surface area contributed by atoms with E-state index in [9.17, 15) is 13.2 Å². The summed E-state index contributed by atoms with van der Waals surface area (Å²) in [6.07, 6.45) is 1.90. The van der Waals surface area contributed by atoms with Crippen LogP contribution >= 0.6 is 0 Å². The van der Waals surface area contributed by atoms with Crippen LogP contribution in [0.4, 0.5) is 0 Å². The molecular formula is C17H22N2O3S. The molecule has 0 saturated carbocycles. The highest BCUT2D eigenvalue weighted by atomic mass is 32.2. The zero-order chi connectivity index (χ0) is 16.6. The van der Waals surface area contributed by atoms with Gasteiger partial charge in [-0.3, -0.25) is 4.79 Å². The Bertz CT molecular complexity index is 817. The number of carbonyl (C=O) groups is 1. The number of carbonyl (C=O) groups excluding carboxylic acids is 1. The van der Waals surface area contributed by atoms with Crippen molar-refractivity contribution in [3.8, 4) is 0 Å². The Morgan fingerprint density at radius 3 is 2.61 bits per heavy atom. The molecule has 1 saturated heterocycles. The summed E-state index contributed by atoms with van der Waals surface area (Å²) in [6.45, 7) is 4.71. The number of para-hydroxylation sites is 1. The molecule has 0 N–H and O–H groups in total. The van der Waals surface area contributed by atoms with Gasteiger partial charge in [-0.25, -0.2) is 8.42 Å². The molecule has 5 nitrogen and oxygen atoms in total. The van der Waals surface area contributed by atoms with Crippen LogP contribution < -0.4 is 0 Å². The number of likely N-dealkylation sites (tertiary alicyclic amines) is 1. The van der Waals surface area contributed by atoms with Gasteiger partial charge in [-0.05, 0) is 23.4 Å². The number of fused-ring (bicyclic) bond motifs is 1. The number of amides is 1. The van der Waals surface area contributed by atoms with Crippen molar-refractivity contribution in [1.82, 2.24) is 9.47 Å². The largest absolute Gasteiger partial charge is 0.338 e. The van der Waals surface area contributed by atoms with Gasteiger partial charge in [0, 0.05) is 24.8 Å². The number of sulfone groups is 1. The van der Waals surface area contributed by atoms with Crippen LogP contribution in [-0.2, 0) is 21.2 Å². The number of hydrogen-bond donors (Lipinski definition) is 0. The lowest BCUT2D eigenvalue weighted by Crippen LogP contribution is -2.58. The number of aromatic nitrogens is 1. The average molecular weight is 334 g/mol. The van der Waals surface area contributed by atoms with E-state index in [0.717, 1.165) is 10.9 Å². The maximum absolute atomic E-state index is 12.3. The first-order valence-corrected chi connectivity index (χ1v) is 9.61. The van der Waals surface area contributed by atoms with Crippen LogP contribution in [0.3, 0.4) is 0 Å². The highest BCUT2D eigenvalue weighted by Gasteiger charge is 2.39. The van der Waals surface area contributed by atoms with Gasteiger partial charge in [0.25, 0.3) is 0 Å². The molecular weight excluding hydrogens is 312 g/mol. The van der Waals surface area contributed by atoms with E-state index in [4.69, 9.17) is 0 Å². The predicted molar refractivity (Wildman–Crippen MR) is 90.9 cm³/mol. The van der Waals surface area contributed by atoms with Gasteiger partial charge >= 0.3 is 0 Å². The summed E-state index contributed by atoms with van der Waals surface area (Å²) in [7, 11) is -3.09. The molecule has 1 aliphatic rings. The van der Waals surface area contributed by atoms with Crippen LogP contribution in [0.25, 0.3) is 10.9 Å². The molecule has 6 heteroatoms. The zero-order valence-electron chi connectivity index (χ0n) is 13.5. The molecule has 23 heavy (non-hydrogen) atoms. The first-order valence-electron chi connectivity index (χ1n) is 7.90. The number of rotatable bonds is 5. The Morgan fingerprint density at radius 1 is 1.22 bits per heavy atom. The third-order valence-corrected chi connectivity index (χ3v) is 6.71. The molecule has 1 aromatic carbocycles. The fourth-order valence-electron chi connectivity index (χ4n) is 2.99. The van der Waals surface area contributed by atoms with E-state index in [1.807, 2.05) is 54.9 Å². The molecule has 1 amide bonds. The third-order valence-electron chi connectivity index (χ3n) is 4.26. The van der Waals surface area contributed by atoms with Gasteiger partial charge in [0.2, 0.25) is 5.91 Å². The fraction of sp³-hybridized carbons (Fsp3) is 0.471. The molecule has 3 rings (SSSR count). The number of hydrogen-bond acceptors (Lipinski definition) is 3. The van der Waals surface area contributed by atoms with Crippen molar-refractivity contribution >= 4 is 26.6 Å². The molecule has 0 aliphatic carbocycles. The maximum Gasteiger partial charge on any atom is 0.242 e. The monoisotopic (exact) mass is 334 g/mol. The lowest BCUT2D eigenvalue weighted by atomic mass is 10.2. The second-order valence-corrected chi connectivity index (χ2v) is 8.97. The predicted octanol–water partition coefficient (Wildman–Crippen LogP) is 1.92. The van der Waals surface area contributed by atoms with Crippen LogP contribution in [-0.4, -0.2) is 47.9 Å². The van der Waals surface area contributed by atoms with Gasteiger partial charge in [-0.1, -0.05) is 32.0 Å². The fourth-order valence-corrected chi connectivity index (χ4v) is 5.01. The Kier molecular flexibility index (Phi) is 4.19. The summed E-state index contributed by atoms with van der Waals surface area (Å²) >= 11 is 0. The molecule has 1 aliphatic heterocycles. The van der Waals surface area contributed by atoms with Gasteiger partial charge in [0.1, 0.15) is 6.54 Å². The van der Waals surface area contributed by atoms with Crippen LogP contribution in [0.2, 0.25) is 0 Å². The van der Waals surface area contributed by atoms with Crippen LogP contribution in [0.15, 0.2) is 36.5 Å². The molecule has 0 unspecified atom stereocenters. The minimum atomic E-state index is -3.09. The normalized spacial score (nSPS) is 16.0. The van der Waals surface area contributed by atoms with Crippen LogP contribution in [0, 0.1) is 5.92 Å². The molecule has 1 fully saturated rings. The molecule has 0 bridgehead atoms. The lowest BCUT2D eigenvalue weighted by Gasteiger charge is -2.39. The van der Waals surface area contributed by atoms with Crippen molar-refractivity contribution in [3.05, 3.63) is 36.5 Å². The molecule has 2 aromatic rings. The van der Waals surface area contributed by atoms with Crippen molar-refractivity contribution in [1.29, 1.82) is 0 Å². The van der Waals surface area contributed by atoms with E-state index in [1.165, 1.54) is 0 Å². The quantitative estimate of drug-likeness (QED) is 0.839. The topological polar surface area (TPSA) is 59.4 Å². The third kappa shape index (κ3) is 3.27. The lowest BCUT2D eigenvalue weighted by molar-refractivity contribution is -0.134. The van der Waals surface area contributed by atoms with E-state index in [-0.39, 0.29) is 24.1 Å². The van der Waals surface area contributed by atoms with E-state index in [2.05, 4.69) is 0 Å². The molecule has 0 atom stereocenters. The second-order valence-electron chi connectivity index (χ2n) is 6.65. The minimum absolute atomic E-state index is 0.0256. The van der Waals surface area contributed by atoms with Gasteiger partial charge in [-0.15, -0.1) is 0 Å². The second kappa shape index (κ2) is 6.00. The van der Waals surface area contributed by atoms with Gasteiger partial charge < -0.3 is 9.47 Å². The van der Waals surface area contributed by atoms with E-state index < -0.39 is 15.1 Å². The molecule has 0 spiro atoms. The Balaban J connectivity index is 1.61. The highest BCUT2D eigenvalue weighted by Crippen LogP contribution is 2.21. The average Bonchev–Trinajstić information content (AvgIpc) is 2.78. The first-order chi connectivity index (χ1) is 10.9.